The van der Waals surface area contributed by atoms with Gasteiger partial charge in [0.1, 0.15) is 18.1 Å². The van der Waals surface area contributed by atoms with Crippen molar-refractivity contribution in [2.24, 2.45) is 5.73 Å². The maximum Gasteiger partial charge on any atom is 0.326 e. The summed E-state index contributed by atoms with van der Waals surface area (Å²) in [4.78, 5) is 60.6. The summed E-state index contributed by atoms with van der Waals surface area (Å²) in [6.45, 7) is 2.20. The minimum atomic E-state index is -1.24. The molecule has 0 radical (unpaired) electrons. The van der Waals surface area contributed by atoms with Gasteiger partial charge < -0.3 is 32.1 Å². The molecule has 180 valence electrons. The number of rotatable bonds is 12. The topological polar surface area (TPSA) is 180 Å². The first-order valence-electron chi connectivity index (χ1n) is 10.9. The van der Waals surface area contributed by atoms with E-state index in [0.29, 0.717) is 12.0 Å². The standard InChI is InChI=1S/C22H31N5O6/c1-13(25-20(30)15-8-5-11-24-15)19(29)26-16(9-10-18(23)28)21(31)27-17(22(32)33)12-14-6-3-2-4-7-14/h2-4,6-7,13,15-17,24H,5,8-12H2,1H3,(H2,23,28)(H,25,30)(H,26,29)(H,27,31)(H,32,33). The molecule has 1 aliphatic heterocycles. The SMILES string of the molecule is CC(NC(=O)C1CCCN1)C(=O)NC(CCC(N)=O)C(=O)NC(Cc1ccccc1)C(=O)O. The number of nitrogens with one attached hydrogen (secondary N) is 4. The largest absolute Gasteiger partial charge is 0.480 e. The molecule has 33 heavy (non-hydrogen) atoms. The van der Waals surface area contributed by atoms with E-state index in [4.69, 9.17) is 5.73 Å². The van der Waals surface area contributed by atoms with Crippen LogP contribution in [-0.4, -0.2) is 65.4 Å². The Morgan fingerprint density at radius 3 is 2.30 bits per heavy atom. The highest BCUT2D eigenvalue weighted by Crippen LogP contribution is 2.07. The Balaban J connectivity index is 2.02. The van der Waals surface area contributed by atoms with Gasteiger partial charge in [-0.2, -0.15) is 0 Å². The quantitative estimate of drug-likeness (QED) is 0.226. The summed E-state index contributed by atoms with van der Waals surface area (Å²) in [6.07, 6.45) is 1.26. The molecule has 0 spiro atoms. The van der Waals surface area contributed by atoms with E-state index in [1.807, 2.05) is 0 Å². The normalized spacial score (nSPS) is 17.9. The average Bonchev–Trinajstić information content (AvgIpc) is 3.31. The van der Waals surface area contributed by atoms with Crippen LogP contribution in [0, 0.1) is 0 Å². The highest BCUT2D eigenvalue weighted by molar-refractivity contribution is 5.94. The lowest BCUT2D eigenvalue weighted by Crippen LogP contribution is -2.56. The highest BCUT2D eigenvalue weighted by Gasteiger charge is 2.30. The number of nitrogens with two attached hydrogens (primary N) is 1. The van der Waals surface area contributed by atoms with Crippen LogP contribution < -0.4 is 27.0 Å². The molecule has 4 atom stereocenters. The maximum absolute atomic E-state index is 12.8. The second kappa shape index (κ2) is 12.5. The van der Waals surface area contributed by atoms with Crippen molar-refractivity contribution in [1.82, 2.24) is 21.3 Å². The number of amides is 4. The Morgan fingerprint density at radius 1 is 1.06 bits per heavy atom. The maximum atomic E-state index is 12.8. The second-order valence-corrected chi connectivity index (χ2v) is 8.03. The molecule has 1 heterocycles. The summed E-state index contributed by atoms with van der Waals surface area (Å²) >= 11 is 0. The average molecular weight is 462 g/mol. The lowest BCUT2D eigenvalue weighted by atomic mass is 10.0. The summed E-state index contributed by atoms with van der Waals surface area (Å²) in [7, 11) is 0. The van der Waals surface area contributed by atoms with Crippen molar-refractivity contribution in [2.75, 3.05) is 6.54 Å². The van der Waals surface area contributed by atoms with E-state index in [2.05, 4.69) is 21.3 Å². The first-order valence-corrected chi connectivity index (χ1v) is 10.9. The van der Waals surface area contributed by atoms with Gasteiger partial charge in [0.15, 0.2) is 0 Å². The predicted octanol–water partition coefficient (Wildman–Crippen LogP) is -1.19. The fourth-order valence-electron chi connectivity index (χ4n) is 3.46. The molecule has 4 amide bonds. The third-order valence-corrected chi connectivity index (χ3v) is 5.34. The fourth-order valence-corrected chi connectivity index (χ4v) is 3.46. The molecule has 0 aromatic heterocycles. The predicted molar refractivity (Wildman–Crippen MR) is 119 cm³/mol. The van der Waals surface area contributed by atoms with Crippen LogP contribution in [0.5, 0.6) is 0 Å². The van der Waals surface area contributed by atoms with Crippen molar-refractivity contribution in [3.63, 3.8) is 0 Å². The Hall–Kier alpha value is -3.47. The Kier molecular flexibility index (Phi) is 9.80. The van der Waals surface area contributed by atoms with Gasteiger partial charge in [-0.05, 0) is 38.3 Å². The summed E-state index contributed by atoms with van der Waals surface area (Å²) in [5.41, 5.74) is 5.89. The van der Waals surface area contributed by atoms with Crippen molar-refractivity contribution in [2.45, 2.75) is 63.2 Å². The number of carbonyl (C=O) groups excluding carboxylic acids is 4. The van der Waals surface area contributed by atoms with Crippen molar-refractivity contribution in [3.8, 4) is 0 Å². The number of carboxylic acid groups (broad SMARTS) is 1. The Labute approximate surface area is 191 Å². The zero-order valence-electron chi connectivity index (χ0n) is 18.5. The number of primary amides is 1. The minimum Gasteiger partial charge on any atom is -0.480 e. The third-order valence-electron chi connectivity index (χ3n) is 5.34. The monoisotopic (exact) mass is 461 g/mol. The summed E-state index contributed by atoms with van der Waals surface area (Å²) in [6, 6.07) is 5.01. The molecule has 7 N–H and O–H groups in total. The molecule has 0 bridgehead atoms. The van der Waals surface area contributed by atoms with Crippen LogP contribution in [0.4, 0.5) is 0 Å². The lowest BCUT2D eigenvalue weighted by Gasteiger charge is -2.23. The van der Waals surface area contributed by atoms with Crippen LogP contribution in [0.2, 0.25) is 0 Å². The molecular formula is C22H31N5O6. The number of carbonyl (C=O) groups is 5. The zero-order valence-corrected chi connectivity index (χ0v) is 18.5. The van der Waals surface area contributed by atoms with Crippen LogP contribution in [0.1, 0.15) is 38.2 Å². The van der Waals surface area contributed by atoms with E-state index in [1.54, 1.807) is 30.3 Å². The van der Waals surface area contributed by atoms with Crippen molar-refractivity contribution >= 4 is 29.6 Å². The highest BCUT2D eigenvalue weighted by atomic mass is 16.4. The van der Waals surface area contributed by atoms with Gasteiger partial charge in [0.2, 0.25) is 23.6 Å². The molecule has 4 unspecified atom stereocenters. The number of benzene rings is 1. The Bertz CT molecular complexity index is 856. The van der Waals surface area contributed by atoms with Crippen LogP contribution in [0.25, 0.3) is 0 Å². The summed E-state index contributed by atoms with van der Waals surface area (Å²) < 4.78 is 0. The van der Waals surface area contributed by atoms with Gasteiger partial charge in [0.05, 0.1) is 6.04 Å². The summed E-state index contributed by atoms with van der Waals surface area (Å²) in [5, 5.41) is 20.1. The van der Waals surface area contributed by atoms with Gasteiger partial charge in [-0.3, -0.25) is 19.2 Å². The lowest BCUT2D eigenvalue weighted by molar-refractivity contribution is -0.142. The molecule has 1 saturated heterocycles. The zero-order chi connectivity index (χ0) is 24.4. The van der Waals surface area contributed by atoms with Gasteiger partial charge in [-0.25, -0.2) is 4.79 Å². The van der Waals surface area contributed by atoms with Gasteiger partial charge in [-0.1, -0.05) is 30.3 Å². The van der Waals surface area contributed by atoms with Crippen LogP contribution in [-0.2, 0) is 30.4 Å². The van der Waals surface area contributed by atoms with E-state index < -0.39 is 41.8 Å². The first kappa shape index (κ1) is 25.8. The molecule has 2 rings (SSSR count). The van der Waals surface area contributed by atoms with Crippen LogP contribution >= 0.6 is 0 Å². The number of carboxylic acids is 1. The first-order chi connectivity index (χ1) is 15.7. The number of hydrogen-bond acceptors (Lipinski definition) is 6. The molecule has 11 nitrogen and oxygen atoms in total. The molecule has 1 aliphatic rings. The van der Waals surface area contributed by atoms with Crippen LogP contribution in [0.15, 0.2) is 30.3 Å². The van der Waals surface area contributed by atoms with E-state index in [0.717, 1.165) is 13.0 Å². The van der Waals surface area contributed by atoms with Gasteiger partial charge in [0.25, 0.3) is 0 Å². The van der Waals surface area contributed by atoms with E-state index >= 15 is 0 Å². The number of aliphatic carboxylic acids is 1. The summed E-state index contributed by atoms with van der Waals surface area (Å²) in [5.74, 6) is -3.63. The molecule has 1 aromatic carbocycles. The van der Waals surface area contributed by atoms with Gasteiger partial charge in [-0.15, -0.1) is 0 Å². The molecule has 0 saturated carbocycles. The molecule has 0 aliphatic carbocycles. The van der Waals surface area contributed by atoms with Gasteiger partial charge in [0, 0.05) is 12.8 Å². The molecular weight excluding hydrogens is 430 g/mol. The molecule has 1 aromatic rings. The minimum absolute atomic E-state index is 0.0409. The smallest absolute Gasteiger partial charge is 0.326 e. The van der Waals surface area contributed by atoms with E-state index in [1.165, 1.54) is 6.92 Å². The van der Waals surface area contributed by atoms with Crippen molar-refractivity contribution in [1.29, 1.82) is 0 Å². The Morgan fingerprint density at radius 2 is 1.73 bits per heavy atom. The van der Waals surface area contributed by atoms with Gasteiger partial charge >= 0.3 is 5.97 Å². The second-order valence-electron chi connectivity index (χ2n) is 8.03. The van der Waals surface area contributed by atoms with Crippen molar-refractivity contribution < 1.29 is 29.1 Å². The third kappa shape index (κ3) is 8.53. The molecule has 1 fully saturated rings. The van der Waals surface area contributed by atoms with Crippen LogP contribution in [0.3, 0.4) is 0 Å². The van der Waals surface area contributed by atoms with Crippen molar-refractivity contribution in [3.05, 3.63) is 35.9 Å². The van der Waals surface area contributed by atoms with E-state index in [9.17, 15) is 29.1 Å². The fraction of sp³-hybridized carbons (Fsp3) is 0.500. The van der Waals surface area contributed by atoms with E-state index in [-0.39, 0.29) is 31.2 Å². The number of hydrogen-bond donors (Lipinski definition) is 6. The molecule has 11 heteroatoms.